The molecule has 2 aromatic carbocycles. The van der Waals surface area contributed by atoms with Crippen molar-refractivity contribution in [3.05, 3.63) is 53.6 Å². The van der Waals surface area contributed by atoms with Crippen molar-refractivity contribution in [2.75, 3.05) is 13.7 Å². The third-order valence-corrected chi connectivity index (χ3v) is 3.51. The van der Waals surface area contributed by atoms with Crippen molar-refractivity contribution in [1.82, 2.24) is 5.32 Å². The van der Waals surface area contributed by atoms with Gasteiger partial charge in [-0.05, 0) is 55.3 Å². The van der Waals surface area contributed by atoms with Gasteiger partial charge in [-0.2, -0.15) is 0 Å². The Morgan fingerprint density at radius 2 is 1.85 bits per heavy atom. The molecule has 0 bridgehead atoms. The van der Waals surface area contributed by atoms with Crippen LogP contribution in [-0.4, -0.2) is 13.7 Å². The summed E-state index contributed by atoms with van der Waals surface area (Å²) in [5.41, 5.74) is 2.65. The summed E-state index contributed by atoms with van der Waals surface area (Å²) in [6, 6.07) is 13.1. The summed E-state index contributed by atoms with van der Waals surface area (Å²) in [5, 5.41) is 5.98. The van der Waals surface area contributed by atoms with Crippen molar-refractivity contribution in [2.45, 2.75) is 26.8 Å². The number of rotatable bonds is 5. The number of hydrogen-bond donors (Lipinski definition) is 1. The number of allylic oxidation sites excluding steroid dienone is 1. The molecule has 0 fully saturated rings. The van der Waals surface area contributed by atoms with Gasteiger partial charge in [-0.25, -0.2) is 0 Å². The highest BCUT2D eigenvalue weighted by atomic mass is 16.5. The summed E-state index contributed by atoms with van der Waals surface area (Å²) in [6.07, 6.45) is 2.21. The zero-order valence-electron chi connectivity index (χ0n) is 12.7. The first kappa shape index (κ1) is 14.6. The van der Waals surface area contributed by atoms with Gasteiger partial charge in [0.15, 0.2) is 0 Å². The molecule has 0 radical (unpaired) electrons. The van der Waals surface area contributed by atoms with E-state index in [1.54, 1.807) is 7.11 Å². The lowest BCUT2D eigenvalue weighted by Crippen LogP contribution is -2.18. The highest BCUT2D eigenvalue weighted by Gasteiger charge is 2.05. The molecule has 0 amide bonds. The predicted octanol–water partition coefficient (Wildman–Crippen LogP) is 4.47. The minimum Gasteiger partial charge on any atom is -0.497 e. The Bertz CT molecular complexity index is 612. The lowest BCUT2D eigenvalue weighted by molar-refractivity contribution is 0.415. The van der Waals surface area contributed by atoms with Gasteiger partial charge in [-0.3, -0.25) is 0 Å². The fraction of sp³-hybridized carbons (Fsp3) is 0.333. The summed E-state index contributed by atoms with van der Waals surface area (Å²) < 4.78 is 5.26. The molecule has 106 valence electrons. The molecule has 2 rings (SSSR count). The monoisotopic (exact) mass is 269 g/mol. The van der Waals surface area contributed by atoms with Crippen LogP contribution in [0.4, 0.5) is 0 Å². The molecule has 2 heteroatoms. The number of benzene rings is 2. The van der Waals surface area contributed by atoms with E-state index in [4.69, 9.17) is 4.74 Å². The molecule has 0 saturated carbocycles. The molecule has 0 aromatic heterocycles. The Kier molecular flexibility index (Phi) is 4.80. The maximum absolute atomic E-state index is 5.26. The van der Waals surface area contributed by atoms with Gasteiger partial charge in [0, 0.05) is 12.6 Å². The van der Waals surface area contributed by atoms with E-state index in [1.165, 1.54) is 21.9 Å². The van der Waals surface area contributed by atoms with E-state index in [0.717, 1.165) is 12.3 Å². The lowest BCUT2D eigenvalue weighted by Gasteiger charge is -2.14. The first-order chi connectivity index (χ1) is 9.60. The van der Waals surface area contributed by atoms with E-state index in [0.29, 0.717) is 6.04 Å². The Balaban J connectivity index is 2.16. The maximum Gasteiger partial charge on any atom is 0.119 e. The molecule has 1 unspecified atom stereocenters. The maximum atomic E-state index is 5.26. The van der Waals surface area contributed by atoms with Crippen LogP contribution in [0.3, 0.4) is 0 Å². The molecule has 20 heavy (non-hydrogen) atoms. The highest BCUT2D eigenvalue weighted by Crippen LogP contribution is 2.24. The topological polar surface area (TPSA) is 21.3 Å². The van der Waals surface area contributed by atoms with Crippen LogP contribution < -0.4 is 10.1 Å². The van der Waals surface area contributed by atoms with E-state index < -0.39 is 0 Å². The van der Waals surface area contributed by atoms with E-state index >= 15 is 0 Å². The SMILES string of the molecule is COc1ccc2cc(C(C)NCC=C(C)C)ccc2c1. The fourth-order valence-corrected chi connectivity index (χ4v) is 2.20. The number of methoxy groups -OCH3 is 1. The van der Waals surface area contributed by atoms with Crippen molar-refractivity contribution in [3.63, 3.8) is 0 Å². The standard InChI is InChI=1S/C18H23NO/c1-13(2)9-10-19-14(3)15-5-6-17-12-18(20-4)8-7-16(17)11-15/h5-9,11-12,14,19H,10H2,1-4H3. The second-order valence-electron chi connectivity index (χ2n) is 5.38. The van der Waals surface area contributed by atoms with Crippen LogP contribution >= 0.6 is 0 Å². The first-order valence-corrected chi connectivity index (χ1v) is 7.04. The van der Waals surface area contributed by atoms with Crippen molar-refractivity contribution < 1.29 is 4.74 Å². The minimum atomic E-state index is 0.345. The van der Waals surface area contributed by atoms with E-state index in [-0.39, 0.29) is 0 Å². The van der Waals surface area contributed by atoms with E-state index in [9.17, 15) is 0 Å². The molecular formula is C18H23NO. The molecule has 1 atom stereocenters. The molecule has 2 aromatic rings. The Labute approximate surface area is 121 Å². The highest BCUT2D eigenvalue weighted by molar-refractivity contribution is 5.84. The average molecular weight is 269 g/mol. The molecule has 0 saturated heterocycles. The molecule has 0 aliphatic heterocycles. The van der Waals surface area contributed by atoms with Gasteiger partial charge in [0.25, 0.3) is 0 Å². The van der Waals surface area contributed by atoms with Gasteiger partial charge in [0.2, 0.25) is 0 Å². The Morgan fingerprint density at radius 3 is 2.55 bits per heavy atom. The first-order valence-electron chi connectivity index (χ1n) is 7.04. The number of hydrogen-bond acceptors (Lipinski definition) is 2. The normalized spacial score (nSPS) is 12.2. The van der Waals surface area contributed by atoms with Crippen molar-refractivity contribution >= 4 is 10.8 Å². The molecular weight excluding hydrogens is 246 g/mol. The average Bonchev–Trinajstić information content (AvgIpc) is 2.45. The smallest absolute Gasteiger partial charge is 0.119 e. The third-order valence-electron chi connectivity index (χ3n) is 3.51. The minimum absolute atomic E-state index is 0.345. The second kappa shape index (κ2) is 6.58. The van der Waals surface area contributed by atoms with Gasteiger partial charge in [0.1, 0.15) is 5.75 Å². The summed E-state index contributed by atoms with van der Waals surface area (Å²) in [4.78, 5) is 0. The zero-order valence-corrected chi connectivity index (χ0v) is 12.7. The van der Waals surface area contributed by atoms with Gasteiger partial charge in [0.05, 0.1) is 7.11 Å². The summed E-state index contributed by atoms with van der Waals surface area (Å²) in [5.74, 6) is 0.903. The zero-order chi connectivity index (χ0) is 14.5. The fourth-order valence-electron chi connectivity index (χ4n) is 2.20. The molecule has 2 nitrogen and oxygen atoms in total. The van der Waals surface area contributed by atoms with Crippen LogP contribution in [0.1, 0.15) is 32.4 Å². The second-order valence-corrected chi connectivity index (χ2v) is 5.38. The van der Waals surface area contributed by atoms with Gasteiger partial charge >= 0.3 is 0 Å². The number of fused-ring (bicyclic) bond motifs is 1. The molecule has 0 spiro atoms. The van der Waals surface area contributed by atoms with Crippen molar-refractivity contribution in [2.24, 2.45) is 0 Å². The van der Waals surface area contributed by atoms with Gasteiger partial charge in [-0.1, -0.05) is 29.8 Å². The molecule has 0 aliphatic rings. The van der Waals surface area contributed by atoms with Crippen LogP contribution in [-0.2, 0) is 0 Å². The van der Waals surface area contributed by atoms with Crippen LogP contribution in [0.2, 0.25) is 0 Å². The quantitative estimate of drug-likeness (QED) is 0.809. The van der Waals surface area contributed by atoms with Crippen molar-refractivity contribution in [1.29, 1.82) is 0 Å². The molecule has 0 aliphatic carbocycles. The van der Waals surface area contributed by atoms with Gasteiger partial charge < -0.3 is 10.1 Å². The van der Waals surface area contributed by atoms with Crippen molar-refractivity contribution in [3.8, 4) is 5.75 Å². The van der Waals surface area contributed by atoms with Crippen LogP contribution in [0.5, 0.6) is 5.75 Å². The number of ether oxygens (including phenoxy) is 1. The van der Waals surface area contributed by atoms with Crippen LogP contribution in [0.15, 0.2) is 48.0 Å². The van der Waals surface area contributed by atoms with Crippen LogP contribution in [0.25, 0.3) is 10.8 Å². The third kappa shape index (κ3) is 3.61. The van der Waals surface area contributed by atoms with Crippen LogP contribution in [0, 0.1) is 0 Å². The van der Waals surface area contributed by atoms with E-state index in [1.807, 2.05) is 6.07 Å². The predicted molar refractivity (Wildman–Crippen MR) is 86.3 cm³/mol. The molecule has 0 heterocycles. The Morgan fingerprint density at radius 1 is 1.15 bits per heavy atom. The lowest BCUT2D eigenvalue weighted by atomic mass is 10.0. The summed E-state index contributed by atoms with van der Waals surface area (Å²) in [6.45, 7) is 7.35. The number of nitrogens with one attached hydrogen (secondary N) is 1. The largest absolute Gasteiger partial charge is 0.497 e. The Hall–Kier alpha value is -1.80. The summed E-state index contributed by atoms with van der Waals surface area (Å²) >= 11 is 0. The van der Waals surface area contributed by atoms with E-state index in [2.05, 4.69) is 62.5 Å². The van der Waals surface area contributed by atoms with Gasteiger partial charge in [-0.15, -0.1) is 0 Å². The molecule has 1 N–H and O–H groups in total. The summed E-state index contributed by atoms with van der Waals surface area (Å²) in [7, 11) is 1.70.